The minimum absolute atomic E-state index is 0.166. The third kappa shape index (κ3) is 4.00. The molecule has 0 aliphatic rings. The van der Waals surface area contributed by atoms with E-state index in [1.807, 2.05) is 0 Å². The zero-order chi connectivity index (χ0) is 17.0. The summed E-state index contributed by atoms with van der Waals surface area (Å²) < 4.78 is 32.2. The van der Waals surface area contributed by atoms with Gasteiger partial charge in [0.2, 0.25) is 21.8 Å². The Morgan fingerprint density at radius 1 is 1.00 bits per heavy atom. The van der Waals surface area contributed by atoms with Gasteiger partial charge < -0.3 is 4.42 Å². The molecular formula is C16H14ClN3O3S. The molecule has 0 amide bonds. The average Bonchev–Trinajstić information content (AvgIpc) is 3.05. The number of rotatable bonds is 6. The fraction of sp³-hybridized carbons (Fsp3) is 0.125. The maximum atomic E-state index is 12.1. The number of halogens is 1. The molecule has 0 fully saturated rings. The fourth-order valence-electron chi connectivity index (χ4n) is 2.04. The molecule has 0 bridgehead atoms. The molecule has 3 rings (SSSR count). The molecule has 0 aliphatic heterocycles. The van der Waals surface area contributed by atoms with E-state index in [1.165, 1.54) is 12.1 Å². The van der Waals surface area contributed by atoms with Crippen LogP contribution in [-0.2, 0) is 16.4 Å². The van der Waals surface area contributed by atoms with Crippen LogP contribution in [0.25, 0.3) is 11.5 Å². The highest BCUT2D eigenvalue weighted by Gasteiger charge is 2.14. The van der Waals surface area contributed by atoms with Gasteiger partial charge in [-0.2, -0.15) is 0 Å². The van der Waals surface area contributed by atoms with Crippen LogP contribution in [0, 0.1) is 0 Å². The second-order valence-corrected chi connectivity index (χ2v) is 7.17. The number of aromatic nitrogens is 2. The van der Waals surface area contributed by atoms with Gasteiger partial charge >= 0.3 is 0 Å². The smallest absolute Gasteiger partial charge is 0.247 e. The van der Waals surface area contributed by atoms with Crippen molar-refractivity contribution in [3.63, 3.8) is 0 Å². The second-order valence-electron chi connectivity index (χ2n) is 4.97. The minimum atomic E-state index is -3.54. The standard InChI is InChI=1S/C16H14ClN3O3S/c17-13-8-6-12(7-9-13)16-20-19-15(23-16)10-11-18-24(21,22)14-4-2-1-3-5-14/h1-9,18H,10-11H2. The largest absolute Gasteiger partial charge is 0.421 e. The molecule has 1 heterocycles. The maximum absolute atomic E-state index is 12.1. The number of hydrogen-bond acceptors (Lipinski definition) is 5. The summed E-state index contributed by atoms with van der Waals surface area (Å²) in [5.74, 6) is 0.725. The van der Waals surface area contributed by atoms with Gasteiger partial charge in [0.1, 0.15) is 0 Å². The van der Waals surface area contributed by atoms with Gasteiger partial charge in [0.15, 0.2) is 0 Å². The summed E-state index contributed by atoms with van der Waals surface area (Å²) >= 11 is 5.83. The highest BCUT2D eigenvalue weighted by molar-refractivity contribution is 7.89. The van der Waals surface area contributed by atoms with Crippen molar-refractivity contribution >= 4 is 21.6 Å². The number of hydrogen-bond donors (Lipinski definition) is 1. The van der Waals surface area contributed by atoms with Crippen molar-refractivity contribution in [1.29, 1.82) is 0 Å². The Morgan fingerprint density at radius 3 is 2.42 bits per heavy atom. The van der Waals surface area contributed by atoms with E-state index in [9.17, 15) is 8.42 Å². The molecule has 2 aromatic carbocycles. The Bertz CT molecular complexity index is 909. The summed E-state index contributed by atoms with van der Waals surface area (Å²) in [6, 6.07) is 15.2. The first-order valence-electron chi connectivity index (χ1n) is 7.18. The number of nitrogens with one attached hydrogen (secondary N) is 1. The molecule has 24 heavy (non-hydrogen) atoms. The quantitative estimate of drug-likeness (QED) is 0.727. The molecule has 0 unspecified atom stereocenters. The van der Waals surface area contributed by atoms with E-state index in [2.05, 4.69) is 14.9 Å². The lowest BCUT2D eigenvalue weighted by molar-refractivity contribution is 0.502. The van der Waals surface area contributed by atoms with Gasteiger partial charge in [-0.15, -0.1) is 10.2 Å². The lowest BCUT2D eigenvalue weighted by Crippen LogP contribution is -2.26. The third-order valence-corrected chi connectivity index (χ3v) is 4.97. The van der Waals surface area contributed by atoms with Gasteiger partial charge in [-0.3, -0.25) is 0 Å². The van der Waals surface area contributed by atoms with Gasteiger partial charge in [-0.25, -0.2) is 13.1 Å². The van der Waals surface area contributed by atoms with Crippen LogP contribution in [0.1, 0.15) is 5.89 Å². The lowest BCUT2D eigenvalue weighted by atomic mass is 10.2. The first kappa shape index (κ1) is 16.6. The number of nitrogens with zero attached hydrogens (tertiary/aromatic N) is 2. The molecule has 3 aromatic rings. The van der Waals surface area contributed by atoms with E-state index in [-0.39, 0.29) is 11.4 Å². The van der Waals surface area contributed by atoms with E-state index in [0.29, 0.717) is 23.2 Å². The first-order chi connectivity index (χ1) is 11.5. The molecule has 0 saturated heterocycles. The summed E-state index contributed by atoms with van der Waals surface area (Å²) in [6.07, 6.45) is 0.298. The Labute approximate surface area is 144 Å². The predicted octanol–water partition coefficient (Wildman–Crippen LogP) is 2.91. The summed E-state index contributed by atoms with van der Waals surface area (Å²) in [7, 11) is -3.54. The fourth-order valence-corrected chi connectivity index (χ4v) is 3.22. The highest BCUT2D eigenvalue weighted by Crippen LogP contribution is 2.20. The van der Waals surface area contributed by atoms with E-state index in [1.54, 1.807) is 42.5 Å². The van der Waals surface area contributed by atoms with Crippen LogP contribution in [-0.4, -0.2) is 25.2 Å². The van der Waals surface area contributed by atoms with E-state index < -0.39 is 10.0 Å². The van der Waals surface area contributed by atoms with Crippen LogP contribution in [0.15, 0.2) is 63.9 Å². The molecule has 6 nitrogen and oxygen atoms in total. The van der Waals surface area contributed by atoms with Crippen LogP contribution in [0.2, 0.25) is 5.02 Å². The lowest BCUT2D eigenvalue weighted by Gasteiger charge is -2.04. The number of benzene rings is 2. The minimum Gasteiger partial charge on any atom is -0.421 e. The Kier molecular flexibility index (Phi) is 4.94. The Morgan fingerprint density at radius 2 is 1.71 bits per heavy atom. The second kappa shape index (κ2) is 7.12. The number of sulfonamides is 1. The SMILES string of the molecule is O=S(=O)(NCCc1nnc(-c2ccc(Cl)cc2)o1)c1ccccc1. The molecule has 0 atom stereocenters. The summed E-state index contributed by atoms with van der Waals surface area (Å²) in [6.45, 7) is 0.166. The first-order valence-corrected chi connectivity index (χ1v) is 9.04. The molecule has 0 radical (unpaired) electrons. The van der Waals surface area contributed by atoms with Crippen molar-refractivity contribution in [2.75, 3.05) is 6.54 Å². The summed E-state index contributed by atoms with van der Waals surface area (Å²) in [5, 5.41) is 8.49. The third-order valence-electron chi connectivity index (χ3n) is 3.24. The van der Waals surface area contributed by atoms with Crippen LogP contribution < -0.4 is 4.72 Å². The topological polar surface area (TPSA) is 85.1 Å². The van der Waals surface area contributed by atoms with E-state index >= 15 is 0 Å². The van der Waals surface area contributed by atoms with Gasteiger partial charge in [0, 0.05) is 23.6 Å². The molecule has 8 heteroatoms. The van der Waals surface area contributed by atoms with Crippen LogP contribution in [0.3, 0.4) is 0 Å². The monoisotopic (exact) mass is 363 g/mol. The maximum Gasteiger partial charge on any atom is 0.247 e. The highest BCUT2D eigenvalue weighted by atomic mass is 35.5. The zero-order valence-electron chi connectivity index (χ0n) is 12.5. The van der Waals surface area contributed by atoms with Crippen molar-refractivity contribution in [3.8, 4) is 11.5 Å². The van der Waals surface area contributed by atoms with Crippen molar-refractivity contribution in [2.24, 2.45) is 0 Å². The molecule has 124 valence electrons. The van der Waals surface area contributed by atoms with Gasteiger partial charge in [-0.1, -0.05) is 29.8 Å². The predicted molar refractivity (Wildman–Crippen MR) is 90.1 cm³/mol. The Hall–Kier alpha value is -2.22. The van der Waals surface area contributed by atoms with Crippen molar-refractivity contribution in [1.82, 2.24) is 14.9 Å². The van der Waals surface area contributed by atoms with Gasteiger partial charge in [0.25, 0.3) is 0 Å². The van der Waals surface area contributed by atoms with Crippen LogP contribution in [0.5, 0.6) is 0 Å². The van der Waals surface area contributed by atoms with E-state index in [4.69, 9.17) is 16.0 Å². The van der Waals surface area contributed by atoms with Crippen LogP contribution >= 0.6 is 11.6 Å². The van der Waals surface area contributed by atoms with Crippen molar-refractivity contribution < 1.29 is 12.8 Å². The zero-order valence-corrected chi connectivity index (χ0v) is 14.1. The Balaban J connectivity index is 1.61. The molecule has 0 spiro atoms. The normalized spacial score (nSPS) is 11.5. The molecule has 0 aliphatic carbocycles. The van der Waals surface area contributed by atoms with Crippen molar-refractivity contribution in [3.05, 3.63) is 65.5 Å². The molecular weight excluding hydrogens is 350 g/mol. The molecule has 1 aromatic heterocycles. The van der Waals surface area contributed by atoms with Crippen molar-refractivity contribution in [2.45, 2.75) is 11.3 Å². The van der Waals surface area contributed by atoms with Crippen LogP contribution in [0.4, 0.5) is 0 Å². The summed E-state index contributed by atoms with van der Waals surface area (Å²) in [4.78, 5) is 0.220. The van der Waals surface area contributed by atoms with Gasteiger partial charge in [0.05, 0.1) is 4.90 Å². The molecule has 1 N–H and O–H groups in total. The molecule has 0 saturated carbocycles. The average molecular weight is 364 g/mol. The summed E-state index contributed by atoms with van der Waals surface area (Å²) in [5.41, 5.74) is 0.753. The van der Waals surface area contributed by atoms with E-state index in [0.717, 1.165) is 5.56 Å². The van der Waals surface area contributed by atoms with Gasteiger partial charge in [-0.05, 0) is 36.4 Å².